The van der Waals surface area contributed by atoms with Crippen molar-refractivity contribution in [1.29, 1.82) is 0 Å². The lowest BCUT2D eigenvalue weighted by Gasteiger charge is -2.38. The normalized spacial score (nSPS) is 18.9. The Hall–Kier alpha value is -4.74. The summed E-state index contributed by atoms with van der Waals surface area (Å²) >= 11 is 0. The standard InChI is InChI=1S/C37H30O5/c1-36(38)31-7-5-4-6-27(31)33-29-20-22-17-19-41-32(22)21-30(29)35-28(34(33)36)16-18-37(42-35,23-8-12-25(39-2)13-9-23)24-10-14-26(40-3)15-11-24/h4-16,18,20-21,38H,17,19H2,1-3H3. The highest BCUT2D eigenvalue weighted by Gasteiger charge is 2.45. The molecule has 8 rings (SSSR count). The van der Waals surface area contributed by atoms with E-state index in [1.165, 1.54) is 5.56 Å². The van der Waals surface area contributed by atoms with E-state index in [9.17, 15) is 5.11 Å². The molecule has 0 aromatic heterocycles. The van der Waals surface area contributed by atoms with Crippen LogP contribution in [0.5, 0.6) is 23.0 Å². The monoisotopic (exact) mass is 554 g/mol. The summed E-state index contributed by atoms with van der Waals surface area (Å²) in [5.41, 5.74) is 5.74. The molecule has 5 aromatic rings. The maximum Gasteiger partial charge on any atom is 0.178 e. The molecule has 42 heavy (non-hydrogen) atoms. The van der Waals surface area contributed by atoms with Crippen molar-refractivity contribution in [2.24, 2.45) is 0 Å². The minimum absolute atomic E-state index is 0.659. The zero-order chi connectivity index (χ0) is 28.6. The molecule has 5 heteroatoms. The number of fused-ring (bicyclic) bond motifs is 9. The van der Waals surface area contributed by atoms with E-state index in [1.807, 2.05) is 73.7 Å². The quantitative estimate of drug-likeness (QED) is 0.251. The number of rotatable bonds is 4. The van der Waals surface area contributed by atoms with Gasteiger partial charge in [0.1, 0.15) is 28.6 Å². The predicted octanol–water partition coefficient (Wildman–Crippen LogP) is 7.38. The molecule has 0 spiro atoms. The van der Waals surface area contributed by atoms with Crippen LogP contribution in [0, 0.1) is 0 Å². The van der Waals surface area contributed by atoms with Gasteiger partial charge in [-0.15, -0.1) is 0 Å². The zero-order valence-electron chi connectivity index (χ0n) is 23.7. The molecule has 1 N–H and O–H groups in total. The van der Waals surface area contributed by atoms with Crippen LogP contribution in [0.1, 0.15) is 40.3 Å². The van der Waals surface area contributed by atoms with E-state index >= 15 is 0 Å². The first-order chi connectivity index (χ1) is 20.4. The Morgan fingerprint density at radius 3 is 2.14 bits per heavy atom. The molecule has 5 aromatic carbocycles. The third kappa shape index (κ3) is 3.34. The van der Waals surface area contributed by atoms with E-state index in [0.717, 1.165) is 79.1 Å². The van der Waals surface area contributed by atoms with Crippen LogP contribution in [0.15, 0.2) is 91.0 Å². The van der Waals surface area contributed by atoms with Gasteiger partial charge in [0.05, 0.1) is 20.8 Å². The summed E-state index contributed by atoms with van der Waals surface area (Å²) in [4.78, 5) is 0. The van der Waals surface area contributed by atoms with Crippen molar-refractivity contribution in [2.45, 2.75) is 24.5 Å². The van der Waals surface area contributed by atoms with Gasteiger partial charge < -0.3 is 24.1 Å². The largest absolute Gasteiger partial charge is 0.497 e. The molecule has 1 unspecified atom stereocenters. The first kappa shape index (κ1) is 25.0. The molecule has 2 aliphatic heterocycles. The Morgan fingerprint density at radius 2 is 1.48 bits per heavy atom. The number of ether oxygens (including phenoxy) is 4. The van der Waals surface area contributed by atoms with Crippen LogP contribution in [-0.2, 0) is 17.6 Å². The highest BCUT2D eigenvalue weighted by molar-refractivity contribution is 6.09. The summed E-state index contributed by atoms with van der Waals surface area (Å²) in [6.07, 6.45) is 5.09. The topological polar surface area (TPSA) is 57.2 Å². The van der Waals surface area contributed by atoms with E-state index in [4.69, 9.17) is 18.9 Å². The van der Waals surface area contributed by atoms with Crippen LogP contribution >= 0.6 is 0 Å². The Bertz CT molecular complexity index is 1870. The molecule has 0 saturated carbocycles. The average molecular weight is 555 g/mol. The molecule has 0 saturated heterocycles. The molecule has 2 heterocycles. The SMILES string of the molecule is COc1ccc(C2(c3ccc(OC)cc3)C=Cc3c4c(c5cc6c(cc5c3O2)OCC6)-c2ccccc2C4(C)O)cc1. The fraction of sp³-hybridized carbons (Fsp3) is 0.189. The Kier molecular flexibility index (Phi) is 5.29. The second-order valence-corrected chi connectivity index (χ2v) is 11.3. The number of methoxy groups -OCH3 is 2. The Labute approximate surface area is 244 Å². The summed E-state index contributed by atoms with van der Waals surface area (Å²) < 4.78 is 24.3. The fourth-order valence-corrected chi connectivity index (χ4v) is 7.01. The van der Waals surface area contributed by atoms with Crippen LogP contribution in [0.4, 0.5) is 0 Å². The summed E-state index contributed by atoms with van der Waals surface area (Å²) in [6.45, 7) is 2.55. The first-order valence-corrected chi connectivity index (χ1v) is 14.2. The van der Waals surface area contributed by atoms with E-state index in [0.29, 0.717) is 6.61 Å². The van der Waals surface area contributed by atoms with Gasteiger partial charge in [-0.2, -0.15) is 0 Å². The minimum Gasteiger partial charge on any atom is -0.497 e. The molecule has 3 aliphatic rings. The van der Waals surface area contributed by atoms with Gasteiger partial charge in [0.25, 0.3) is 0 Å². The van der Waals surface area contributed by atoms with Crippen molar-refractivity contribution in [1.82, 2.24) is 0 Å². The van der Waals surface area contributed by atoms with Gasteiger partial charge in [-0.3, -0.25) is 0 Å². The van der Waals surface area contributed by atoms with Crippen LogP contribution in [0.25, 0.3) is 28.0 Å². The molecule has 0 amide bonds. The third-order valence-corrected chi connectivity index (χ3v) is 9.10. The average Bonchev–Trinajstić information content (AvgIpc) is 3.59. The molecule has 0 bridgehead atoms. The summed E-state index contributed by atoms with van der Waals surface area (Å²) in [7, 11) is 3.33. The van der Waals surface area contributed by atoms with Crippen molar-refractivity contribution in [3.05, 3.63) is 124 Å². The van der Waals surface area contributed by atoms with Gasteiger partial charge in [-0.05, 0) is 77.0 Å². The highest BCUT2D eigenvalue weighted by Crippen LogP contribution is 2.58. The number of hydrogen-bond acceptors (Lipinski definition) is 5. The molecule has 208 valence electrons. The lowest BCUT2D eigenvalue weighted by molar-refractivity contribution is 0.105. The molecule has 5 nitrogen and oxygen atoms in total. The van der Waals surface area contributed by atoms with E-state index in [-0.39, 0.29) is 0 Å². The van der Waals surface area contributed by atoms with Crippen molar-refractivity contribution in [3.63, 3.8) is 0 Å². The number of aliphatic hydroxyl groups is 1. The van der Waals surface area contributed by atoms with Gasteiger partial charge in [-0.25, -0.2) is 0 Å². The lowest BCUT2D eigenvalue weighted by Crippen LogP contribution is -2.35. The molecule has 0 fully saturated rings. The highest BCUT2D eigenvalue weighted by atomic mass is 16.5. The van der Waals surface area contributed by atoms with Gasteiger partial charge in [0.2, 0.25) is 0 Å². The molecule has 0 radical (unpaired) electrons. The fourth-order valence-electron chi connectivity index (χ4n) is 7.01. The zero-order valence-corrected chi connectivity index (χ0v) is 23.7. The van der Waals surface area contributed by atoms with Crippen LogP contribution in [-0.4, -0.2) is 25.9 Å². The van der Waals surface area contributed by atoms with Gasteiger partial charge in [-0.1, -0.05) is 54.6 Å². The smallest absolute Gasteiger partial charge is 0.178 e. The Morgan fingerprint density at radius 1 is 0.810 bits per heavy atom. The van der Waals surface area contributed by atoms with Crippen LogP contribution in [0.3, 0.4) is 0 Å². The second-order valence-electron chi connectivity index (χ2n) is 11.3. The van der Waals surface area contributed by atoms with E-state index < -0.39 is 11.2 Å². The van der Waals surface area contributed by atoms with Crippen LogP contribution in [0.2, 0.25) is 0 Å². The van der Waals surface area contributed by atoms with Crippen molar-refractivity contribution < 1.29 is 24.1 Å². The summed E-state index contributed by atoms with van der Waals surface area (Å²) in [5.74, 6) is 3.16. The van der Waals surface area contributed by atoms with Crippen molar-refractivity contribution in [2.75, 3.05) is 20.8 Å². The Balaban J connectivity index is 1.44. The minimum atomic E-state index is -1.19. The third-order valence-electron chi connectivity index (χ3n) is 9.10. The molecular weight excluding hydrogens is 524 g/mol. The molecule has 1 aliphatic carbocycles. The van der Waals surface area contributed by atoms with Crippen molar-refractivity contribution in [3.8, 4) is 34.1 Å². The van der Waals surface area contributed by atoms with Gasteiger partial charge in [0, 0.05) is 34.1 Å². The summed E-state index contributed by atoms with van der Waals surface area (Å²) in [5, 5.41) is 14.2. The van der Waals surface area contributed by atoms with Crippen LogP contribution < -0.4 is 18.9 Å². The second kappa shape index (κ2) is 8.88. The van der Waals surface area contributed by atoms with Gasteiger partial charge >= 0.3 is 0 Å². The molecular formula is C37H30O5. The van der Waals surface area contributed by atoms with E-state index in [1.54, 1.807) is 14.2 Å². The first-order valence-electron chi connectivity index (χ1n) is 14.2. The maximum atomic E-state index is 12.1. The summed E-state index contributed by atoms with van der Waals surface area (Å²) in [6, 6.07) is 28.5. The number of benzene rings is 5. The lowest BCUT2D eigenvalue weighted by atomic mass is 9.80. The van der Waals surface area contributed by atoms with Crippen molar-refractivity contribution >= 4 is 16.8 Å². The van der Waals surface area contributed by atoms with Gasteiger partial charge in [0.15, 0.2) is 5.60 Å². The number of hydrogen-bond donors (Lipinski definition) is 1. The predicted molar refractivity (Wildman–Crippen MR) is 164 cm³/mol. The maximum absolute atomic E-state index is 12.1. The van der Waals surface area contributed by atoms with E-state index in [2.05, 4.69) is 30.4 Å². The molecule has 1 atom stereocenters.